The molecule has 21 heavy (non-hydrogen) atoms. The minimum atomic E-state index is 0.732. The summed E-state index contributed by atoms with van der Waals surface area (Å²) in [6, 6.07) is 2.33. The lowest BCUT2D eigenvalue weighted by Crippen LogP contribution is -2.51. The van der Waals surface area contributed by atoms with E-state index in [2.05, 4.69) is 17.6 Å². The molecule has 122 valence electrons. The highest BCUT2D eigenvalue weighted by molar-refractivity contribution is 4.93. The lowest BCUT2D eigenvalue weighted by molar-refractivity contribution is 0.183. The average Bonchev–Trinajstić information content (AvgIpc) is 2.89. The maximum atomic E-state index is 4.10. The quantitative estimate of drug-likeness (QED) is 0.757. The van der Waals surface area contributed by atoms with Crippen LogP contribution < -0.4 is 10.6 Å². The number of rotatable bonds is 4. The van der Waals surface area contributed by atoms with Gasteiger partial charge in [0.15, 0.2) is 0 Å². The Bertz CT molecular complexity index is 290. The van der Waals surface area contributed by atoms with Crippen molar-refractivity contribution in [1.82, 2.24) is 10.6 Å². The van der Waals surface area contributed by atoms with Crippen molar-refractivity contribution in [3.8, 4) is 0 Å². The Hall–Kier alpha value is -0.0800. The highest BCUT2D eigenvalue weighted by Crippen LogP contribution is 2.32. The first-order valence-corrected chi connectivity index (χ1v) is 9.84. The molecule has 1 heterocycles. The predicted molar refractivity (Wildman–Crippen MR) is 90.6 cm³/mol. The van der Waals surface area contributed by atoms with E-state index in [1.807, 2.05) is 0 Å². The molecule has 0 bridgehead atoms. The average molecular weight is 293 g/mol. The second-order valence-corrected chi connectivity index (χ2v) is 7.96. The normalized spacial score (nSPS) is 37.3. The fourth-order valence-electron chi connectivity index (χ4n) is 5.21. The van der Waals surface area contributed by atoms with Crippen LogP contribution in [0.2, 0.25) is 0 Å². The molecular formula is C19H36N2. The first-order valence-electron chi connectivity index (χ1n) is 9.84. The summed E-state index contributed by atoms with van der Waals surface area (Å²) in [4.78, 5) is 0. The fraction of sp³-hybridized carbons (Fsp3) is 1.00. The lowest BCUT2D eigenvalue weighted by atomic mass is 9.78. The summed E-state index contributed by atoms with van der Waals surface area (Å²) >= 11 is 0. The number of nitrogens with one attached hydrogen (secondary N) is 2. The third kappa shape index (κ3) is 4.22. The van der Waals surface area contributed by atoms with Gasteiger partial charge in [-0.2, -0.15) is 0 Å². The van der Waals surface area contributed by atoms with E-state index in [1.165, 1.54) is 83.6 Å². The molecule has 4 atom stereocenters. The van der Waals surface area contributed by atoms with Crippen LogP contribution in [0.3, 0.4) is 0 Å². The standard InChI is InChI=1S/C19H36N2/c1-15(16-9-4-2-3-5-10-16)21-19-12-7-6-11-17(19)18-13-8-14-20-18/h15-21H,2-14H2,1H3/t15-,17?,18?,19?/m1/s1. The van der Waals surface area contributed by atoms with Gasteiger partial charge in [0.2, 0.25) is 0 Å². The van der Waals surface area contributed by atoms with Gasteiger partial charge in [-0.05, 0) is 63.8 Å². The zero-order valence-corrected chi connectivity index (χ0v) is 14.1. The summed E-state index contributed by atoms with van der Waals surface area (Å²) in [5, 5.41) is 7.88. The van der Waals surface area contributed by atoms with Crippen LogP contribution in [0.4, 0.5) is 0 Å². The van der Waals surface area contributed by atoms with Crippen molar-refractivity contribution in [3.63, 3.8) is 0 Å². The van der Waals surface area contributed by atoms with Crippen molar-refractivity contribution >= 4 is 0 Å². The smallest absolute Gasteiger partial charge is 0.0113 e. The van der Waals surface area contributed by atoms with Crippen molar-refractivity contribution < 1.29 is 0 Å². The van der Waals surface area contributed by atoms with E-state index in [4.69, 9.17) is 0 Å². The molecule has 1 aliphatic heterocycles. The molecule has 1 saturated heterocycles. The van der Waals surface area contributed by atoms with Crippen molar-refractivity contribution in [2.24, 2.45) is 11.8 Å². The highest BCUT2D eigenvalue weighted by Gasteiger charge is 2.34. The molecule has 0 spiro atoms. The summed E-state index contributed by atoms with van der Waals surface area (Å²) < 4.78 is 0. The van der Waals surface area contributed by atoms with Gasteiger partial charge in [0.05, 0.1) is 0 Å². The molecule has 3 unspecified atom stereocenters. The molecule has 3 aliphatic rings. The third-order valence-electron chi connectivity index (χ3n) is 6.52. The number of hydrogen-bond acceptors (Lipinski definition) is 2. The summed E-state index contributed by atoms with van der Waals surface area (Å²) in [6.45, 7) is 3.73. The van der Waals surface area contributed by atoms with Crippen LogP contribution in [0, 0.1) is 11.8 Å². The molecule has 0 aromatic carbocycles. The van der Waals surface area contributed by atoms with E-state index in [9.17, 15) is 0 Å². The highest BCUT2D eigenvalue weighted by atomic mass is 15.0. The van der Waals surface area contributed by atoms with Crippen LogP contribution >= 0.6 is 0 Å². The molecule has 2 heteroatoms. The van der Waals surface area contributed by atoms with Crippen LogP contribution in [0.15, 0.2) is 0 Å². The first-order chi connectivity index (χ1) is 10.3. The van der Waals surface area contributed by atoms with Crippen LogP contribution in [0.5, 0.6) is 0 Å². The minimum Gasteiger partial charge on any atom is -0.314 e. The van der Waals surface area contributed by atoms with Gasteiger partial charge in [-0.3, -0.25) is 0 Å². The van der Waals surface area contributed by atoms with Gasteiger partial charge in [0, 0.05) is 18.1 Å². The molecular weight excluding hydrogens is 256 g/mol. The van der Waals surface area contributed by atoms with Crippen molar-refractivity contribution in [2.45, 2.75) is 102 Å². The zero-order valence-electron chi connectivity index (χ0n) is 14.1. The summed E-state index contributed by atoms with van der Waals surface area (Å²) in [7, 11) is 0. The minimum absolute atomic E-state index is 0.732. The maximum Gasteiger partial charge on any atom is 0.0113 e. The Kier molecular flexibility index (Phi) is 5.99. The Morgan fingerprint density at radius 1 is 0.810 bits per heavy atom. The van der Waals surface area contributed by atoms with Crippen molar-refractivity contribution in [1.29, 1.82) is 0 Å². The van der Waals surface area contributed by atoms with Crippen LogP contribution in [-0.4, -0.2) is 24.7 Å². The molecule has 0 aromatic heterocycles. The Balaban J connectivity index is 1.55. The largest absolute Gasteiger partial charge is 0.314 e. The second kappa shape index (κ2) is 7.97. The second-order valence-electron chi connectivity index (χ2n) is 7.96. The maximum absolute atomic E-state index is 4.10. The van der Waals surface area contributed by atoms with E-state index in [1.54, 1.807) is 0 Å². The molecule has 3 fully saturated rings. The van der Waals surface area contributed by atoms with Crippen LogP contribution in [0.25, 0.3) is 0 Å². The zero-order chi connectivity index (χ0) is 14.5. The van der Waals surface area contributed by atoms with Gasteiger partial charge in [0.1, 0.15) is 0 Å². The topological polar surface area (TPSA) is 24.1 Å². The number of hydrogen-bond donors (Lipinski definition) is 2. The van der Waals surface area contributed by atoms with E-state index in [0.717, 1.165) is 30.0 Å². The molecule has 3 rings (SSSR count). The molecule has 2 N–H and O–H groups in total. The van der Waals surface area contributed by atoms with Crippen molar-refractivity contribution in [2.75, 3.05) is 6.54 Å². The summed E-state index contributed by atoms with van der Waals surface area (Å²) in [5.74, 6) is 1.83. The Morgan fingerprint density at radius 2 is 1.52 bits per heavy atom. The van der Waals surface area contributed by atoms with E-state index < -0.39 is 0 Å². The van der Waals surface area contributed by atoms with E-state index in [-0.39, 0.29) is 0 Å². The summed E-state index contributed by atoms with van der Waals surface area (Å²) in [6.07, 6.45) is 17.4. The van der Waals surface area contributed by atoms with Crippen molar-refractivity contribution in [3.05, 3.63) is 0 Å². The fourth-order valence-corrected chi connectivity index (χ4v) is 5.21. The van der Waals surface area contributed by atoms with Crippen LogP contribution in [0.1, 0.15) is 84.0 Å². The van der Waals surface area contributed by atoms with Gasteiger partial charge in [0.25, 0.3) is 0 Å². The SMILES string of the molecule is C[C@@H](NC1CCCCC1C1CCCN1)C1CCCCCC1. The predicted octanol–water partition coefficient (Wildman–Crippen LogP) is 4.25. The van der Waals surface area contributed by atoms with Crippen LogP contribution in [-0.2, 0) is 0 Å². The Morgan fingerprint density at radius 3 is 2.24 bits per heavy atom. The third-order valence-corrected chi connectivity index (χ3v) is 6.52. The van der Waals surface area contributed by atoms with E-state index >= 15 is 0 Å². The van der Waals surface area contributed by atoms with Gasteiger partial charge in [-0.25, -0.2) is 0 Å². The molecule has 0 aromatic rings. The monoisotopic (exact) mass is 292 g/mol. The van der Waals surface area contributed by atoms with Gasteiger partial charge in [-0.15, -0.1) is 0 Å². The van der Waals surface area contributed by atoms with Gasteiger partial charge >= 0.3 is 0 Å². The first kappa shape index (κ1) is 15.8. The molecule has 2 saturated carbocycles. The molecule has 0 amide bonds. The van der Waals surface area contributed by atoms with Gasteiger partial charge in [-0.1, -0.05) is 38.5 Å². The molecule has 2 aliphatic carbocycles. The van der Waals surface area contributed by atoms with Gasteiger partial charge < -0.3 is 10.6 Å². The summed E-state index contributed by atoms with van der Waals surface area (Å²) in [5.41, 5.74) is 0. The molecule has 0 radical (unpaired) electrons. The lowest BCUT2D eigenvalue weighted by Gasteiger charge is -2.39. The Labute approximate surface area is 131 Å². The molecule has 2 nitrogen and oxygen atoms in total. The van der Waals surface area contributed by atoms with E-state index in [0.29, 0.717) is 0 Å².